The number of halogens is 2. The Morgan fingerprint density at radius 2 is 1.76 bits per heavy atom. The zero-order valence-electron chi connectivity index (χ0n) is 19.3. The molecule has 0 bridgehead atoms. The first-order valence-electron chi connectivity index (χ1n) is 11.0. The Bertz CT molecular complexity index is 1340. The van der Waals surface area contributed by atoms with Crippen LogP contribution in [0.4, 0.5) is 8.78 Å². The number of rotatable bonds is 7. The number of ether oxygens (including phenoxy) is 2. The summed E-state index contributed by atoms with van der Waals surface area (Å²) in [6, 6.07) is 20.4. The Labute approximate surface area is 197 Å². The Kier molecular flexibility index (Phi) is 6.77. The topological polar surface area (TPSA) is 40.5 Å². The zero-order chi connectivity index (χ0) is 24.2. The van der Waals surface area contributed by atoms with E-state index >= 15 is 0 Å². The van der Waals surface area contributed by atoms with Crippen LogP contribution in [0.3, 0.4) is 0 Å². The van der Waals surface area contributed by atoms with Gasteiger partial charge in [-0.3, -0.25) is 0 Å². The van der Waals surface area contributed by atoms with Crippen LogP contribution < -0.4 is 4.74 Å². The fourth-order valence-corrected chi connectivity index (χ4v) is 3.84. The second-order valence-electron chi connectivity index (χ2n) is 7.99. The summed E-state index contributed by atoms with van der Waals surface area (Å²) in [6.07, 6.45) is 0. The summed E-state index contributed by atoms with van der Waals surface area (Å²) in [5.74, 6) is -1.09. The first-order chi connectivity index (χ1) is 16.4. The zero-order valence-corrected chi connectivity index (χ0v) is 19.3. The van der Waals surface area contributed by atoms with Crippen LogP contribution in [0.2, 0.25) is 0 Å². The number of aromatic nitrogens is 1. The van der Waals surface area contributed by atoms with E-state index in [1.165, 1.54) is 12.1 Å². The van der Waals surface area contributed by atoms with Gasteiger partial charge in [0.1, 0.15) is 24.0 Å². The van der Waals surface area contributed by atoms with Gasteiger partial charge in [-0.15, -0.1) is 0 Å². The quantitative estimate of drug-likeness (QED) is 0.284. The number of aryl methyl sites for hydroxylation is 2. The molecule has 4 rings (SSSR count). The molecule has 0 aliphatic rings. The largest absolute Gasteiger partial charge is 0.488 e. The van der Waals surface area contributed by atoms with Crippen LogP contribution in [0.25, 0.3) is 16.9 Å². The maximum absolute atomic E-state index is 14.1. The summed E-state index contributed by atoms with van der Waals surface area (Å²) in [5.41, 5.74) is 5.20. The van der Waals surface area contributed by atoms with Gasteiger partial charge in [0.25, 0.3) is 0 Å². The summed E-state index contributed by atoms with van der Waals surface area (Å²) in [5, 5.41) is 0. The molecule has 0 fully saturated rings. The Balaban J connectivity index is 1.73. The third-order valence-electron chi connectivity index (χ3n) is 5.50. The van der Waals surface area contributed by atoms with Crippen molar-refractivity contribution in [3.05, 3.63) is 107 Å². The van der Waals surface area contributed by atoms with E-state index in [1.807, 2.05) is 60.9 Å². The van der Waals surface area contributed by atoms with Gasteiger partial charge in [0.15, 0.2) is 0 Å². The summed E-state index contributed by atoms with van der Waals surface area (Å²) >= 11 is 0. The molecular weight excluding hydrogens is 436 g/mol. The molecule has 6 heteroatoms. The number of hydrogen-bond donors (Lipinski definition) is 0. The van der Waals surface area contributed by atoms with Crippen molar-refractivity contribution in [1.29, 1.82) is 0 Å². The van der Waals surface area contributed by atoms with Gasteiger partial charge in [0.2, 0.25) is 0 Å². The van der Waals surface area contributed by atoms with Crippen LogP contribution in [0.15, 0.2) is 72.8 Å². The van der Waals surface area contributed by atoms with Crippen molar-refractivity contribution in [2.24, 2.45) is 0 Å². The summed E-state index contributed by atoms with van der Waals surface area (Å²) in [4.78, 5) is 12.3. The van der Waals surface area contributed by atoms with Crippen molar-refractivity contribution < 1.29 is 23.0 Å². The van der Waals surface area contributed by atoms with Crippen LogP contribution in [-0.4, -0.2) is 17.1 Å². The monoisotopic (exact) mass is 461 g/mol. The SMILES string of the molecule is CCOC(=O)c1cccc(-n2c(C)ccc2-c2cc(C)ccc2OCc2ccc(F)cc2F)c1. The summed E-state index contributed by atoms with van der Waals surface area (Å²) in [6.45, 7) is 5.99. The number of benzene rings is 3. The predicted octanol–water partition coefficient (Wildman–Crippen LogP) is 6.80. The maximum atomic E-state index is 14.1. The van der Waals surface area contributed by atoms with Crippen LogP contribution in [0, 0.1) is 25.5 Å². The number of carbonyl (C=O) groups is 1. The van der Waals surface area contributed by atoms with E-state index in [4.69, 9.17) is 9.47 Å². The van der Waals surface area contributed by atoms with Gasteiger partial charge in [-0.25, -0.2) is 13.6 Å². The predicted molar refractivity (Wildman–Crippen MR) is 127 cm³/mol. The van der Waals surface area contributed by atoms with Crippen molar-refractivity contribution in [3.63, 3.8) is 0 Å². The van der Waals surface area contributed by atoms with Crippen molar-refractivity contribution in [1.82, 2.24) is 4.57 Å². The number of carbonyl (C=O) groups excluding carboxylic acids is 1. The minimum atomic E-state index is -0.649. The Hall–Kier alpha value is -3.93. The first kappa shape index (κ1) is 23.2. The van der Waals surface area contributed by atoms with Gasteiger partial charge in [-0.1, -0.05) is 17.7 Å². The molecule has 34 heavy (non-hydrogen) atoms. The number of esters is 1. The fourth-order valence-electron chi connectivity index (χ4n) is 3.84. The molecule has 1 heterocycles. The highest BCUT2D eigenvalue weighted by Crippen LogP contribution is 2.35. The molecule has 0 amide bonds. The van der Waals surface area contributed by atoms with E-state index in [0.717, 1.165) is 34.3 Å². The smallest absolute Gasteiger partial charge is 0.338 e. The third kappa shape index (κ3) is 4.86. The van der Waals surface area contributed by atoms with Gasteiger partial charge < -0.3 is 14.0 Å². The fraction of sp³-hybridized carbons (Fsp3) is 0.179. The van der Waals surface area contributed by atoms with Crippen molar-refractivity contribution >= 4 is 5.97 Å². The highest BCUT2D eigenvalue weighted by molar-refractivity contribution is 5.90. The minimum Gasteiger partial charge on any atom is -0.488 e. The average Bonchev–Trinajstić information content (AvgIpc) is 3.20. The van der Waals surface area contributed by atoms with Crippen LogP contribution >= 0.6 is 0 Å². The van der Waals surface area contributed by atoms with Gasteiger partial charge in [0.05, 0.1) is 17.9 Å². The molecule has 0 unspecified atom stereocenters. The third-order valence-corrected chi connectivity index (χ3v) is 5.50. The molecule has 4 aromatic rings. The van der Waals surface area contributed by atoms with Gasteiger partial charge >= 0.3 is 5.97 Å². The highest BCUT2D eigenvalue weighted by atomic mass is 19.1. The van der Waals surface area contributed by atoms with Crippen molar-refractivity contribution in [2.45, 2.75) is 27.4 Å². The lowest BCUT2D eigenvalue weighted by Crippen LogP contribution is -2.07. The molecule has 0 N–H and O–H groups in total. The molecule has 3 aromatic carbocycles. The van der Waals surface area contributed by atoms with E-state index in [1.54, 1.807) is 19.1 Å². The lowest BCUT2D eigenvalue weighted by Gasteiger charge is -2.17. The second-order valence-corrected chi connectivity index (χ2v) is 7.99. The maximum Gasteiger partial charge on any atom is 0.338 e. The molecule has 0 aliphatic carbocycles. The van der Waals surface area contributed by atoms with Gasteiger partial charge in [-0.05, 0) is 75.4 Å². The Morgan fingerprint density at radius 3 is 2.53 bits per heavy atom. The number of hydrogen-bond acceptors (Lipinski definition) is 3. The average molecular weight is 462 g/mol. The standard InChI is InChI=1S/C28H25F2NO3/c1-4-33-28(32)20-6-5-7-23(15-20)31-19(3)9-12-26(31)24-14-18(2)8-13-27(24)34-17-21-10-11-22(29)16-25(21)30/h5-16H,4,17H2,1-3H3. The van der Waals surface area contributed by atoms with E-state index in [-0.39, 0.29) is 18.1 Å². The molecule has 0 aliphatic heterocycles. The molecular formula is C28H25F2NO3. The Morgan fingerprint density at radius 1 is 0.941 bits per heavy atom. The second kappa shape index (κ2) is 9.91. The summed E-state index contributed by atoms with van der Waals surface area (Å²) < 4.78 is 40.6. The highest BCUT2D eigenvalue weighted by Gasteiger charge is 2.17. The molecule has 0 radical (unpaired) electrons. The molecule has 0 spiro atoms. The van der Waals surface area contributed by atoms with E-state index in [0.29, 0.717) is 17.9 Å². The van der Waals surface area contributed by atoms with E-state index in [9.17, 15) is 13.6 Å². The first-order valence-corrected chi connectivity index (χ1v) is 11.0. The normalized spacial score (nSPS) is 10.9. The molecule has 4 nitrogen and oxygen atoms in total. The van der Waals surface area contributed by atoms with E-state index < -0.39 is 11.6 Å². The van der Waals surface area contributed by atoms with Crippen LogP contribution in [0.1, 0.15) is 34.1 Å². The number of nitrogens with zero attached hydrogens (tertiary/aromatic N) is 1. The summed E-state index contributed by atoms with van der Waals surface area (Å²) in [7, 11) is 0. The van der Waals surface area contributed by atoms with Gasteiger partial charge in [0, 0.05) is 28.6 Å². The molecule has 0 saturated heterocycles. The molecule has 0 saturated carbocycles. The molecule has 0 atom stereocenters. The van der Waals surface area contributed by atoms with E-state index in [2.05, 4.69) is 0 Å². The van der Waals surface area contributed by atoms with Crippen molar-refractivity contribution in [2.75, 3.05) is 6.61 Å². The molecule has 1 aromatic heterocycles. The lowest BCUT2D eigenvalue weighted by molar-refractivity contribution is 0.0526. The van der Waals surface area contributed by atoms with Gasteiger partial charge in [-0.2, -0.15) is 0 Å². The lowest BCUT2D eigenvalue weighted by atomic mass is 10.1. The van der Waals surface area contributed by atoms with Crippen LogP contribution in [0.5, 0.6) is 5.75 Å². The molecule has 174 valence electrons. The van der Waals surface area contributed by atoms with Crippen molar-refractivity contribution in [3.8, 4) is 22.7 Å². The van der Waals surface area contributed by atoms with Crippen LogP contribution in [-0.2, 0) is 11.3 Å². The minimum absolute atomic E-state index is 0.0415.